The fourth-order valence-electron chi connectivity index (χ4n) is 1.54. The Labute approximate surface area is 100 Å². The summed E-state index contributed by atoms with van der Waals surface area (Å²) in [5, 5.41) is 0. The molecule has 0 aromatic carbocycles. The van der Waals surface area contributed by atoms with Crippen LogP contribution in [0.4, 0.5) is 0 Å². The highest BCUT2D eigenvalue weighted by Gasteiger charge is 2.07. The van der Waals surface area contributed by atoms with Gasteiger partial charge in [-0.1, -0.05) is 0 Å². The van der Waals surface area contributed by atoms with E-state index in [9.17, 15) is 0 Å². The third-order valence-corrected chi connectivity index (χ3v) is 2.55. The number of methoxy groups -OCH3 is 1. The summed E-state index contributed by atoms with van der Waals surface area (Å²) in [7, 11) is 1.69. The van der Waals surface area contributed by atoms with E-state index in [0.29, 0.717) is 19.3 Å². The first-order chi connectivity index (χ1) is 7.72. The minimum absolute atomic E-state index is 0.588. The van der Waals surface area contributed by atoms with Gasteiger partial charge in [0.15, 0.2) is 0 Å². The number of rotatable bonds is 11. The predicted octanol–water partition coefficient (Wildman–Crippen LogP) is 1.10. The highest BCUT2D eigenvalue weighted by atomic mass is 16.5. The number of hydrogen-bond donors (Lipinski definition) is 1. The Kier molecular flexibility index (Phi) is 11.2. The molecule has 0 saturated heterocycles. The van der Waals surface area contributed by atoms with Crippen molar-refractivity contribution in [2.75, 3.05) is 46.6 Å². The van der Waals surface area contributed by atoms with Crippen LogP contribution >= 0.6 is 0 Å². The molecular formula is C12H28N2O2. The summed E-state index contributed by atoms with van der Waals surface area (Å²) in [4.78, 5) is 2.45. The summed E-state index contributed by atoms with van der Waals surface area (Å²) in [6, 6.07) is 0.588. The maximum Gasteiger partial charge on any atom is 0.0700 e. The average Bonchev–Trinajstić information content (AvgIpc) is 2.26. The molecular weight excluding hydrogens is 204 g/mol. The molecule has 0 aromatic heterocycles. The van der Waals surface area contributed by atoms with Crippen LogP contribution in [0.1, 0.15) is 26.7 Å². The Morgan fingerprint density at radius 2 is 1.75 bits per heavy atom. The molecule has 0 aliphatic carbocycles. The van der Waals surface area contributed by atoms with Crippen LogP contribution in [0.5, 0.6) is 0 Å². The summed E-state index contributed by atoms with van der Waals surface area (Å²) in [6.07, 6.45) is 2.15. The summed E-state index contributed by atoms with van der Waals surface area (Å²) < 4.78 is 10.3. The van der Waals surface area contributed by atoms with Gasteiger partial charge in [-0.05, 0) is 39.8 Å². The van der Waals surface area contributed by atoms with Crippen molar-refractivity contribution in [3.63, 3.8) is 0 Å². The zero-order valence-electron chi connectivity index (χ0n) is 11.1. The number of nitrogens with two attached hydrogens (primary N) is 1. The van der Waals surface area contributed by atoms with Gasteiger partial charge in [-0.2, -0.15) is 0 Å². The highest BCUT2D eigenvalue weighted by molar-refractivity contribution is 4.62. The van der Waals surface area contributed by atoms with Gasteiger partial charge in [0.25, 0.3) is 0 Å². The van der Waals surface area contributed by atoms with E-state index < -0.39 is 0 Å². The number of ether oxygens (including phenoxy) is 2. The Morgan fingerprint density at radius 1 is 1.06 bits per heavy atom. The first-order valence-corrected chi connectivity index (χ1v) is 6.23. The Morgan fingerprint density at radius 3 is 2.31 bits per heavy atom. The highest BCUT2D eigenvalue weighted by Crippen LogP contribution is 2.01. The summed E-state index contributed by atoms with van der Waals surface area (Å²) in [6.45, 7) is 9.59. The van der Waals surface area contributed by atoms with Crippen molar-refractivity contribution in [1.29, 1.82) is 0 Å². The minimum atomic E-state index is 0.588. The Bertz CT molecular complexity index is 143. The molecule has 16 heavy (non-hydrogen) atoms. The topological polar surface area (TPSA) is 47.7 Å². The lowest BCUT2D eigenvalue weighted by Gasteiger charge is -2.26. The molecule has 98 valence electrons. The zero-order valence-corrected chi connectivity index (χ0v) is 11.1. The first-order valence-electron chi connectivity index (χ1n) is 6.23. The van der Waals surface area contributed by atoms with Gasteiger partial charge in [0, 0.05) is 26.3 Å². The van der Waals surface area contributed by atoms with Crippen molar-refractivity contribution in [2.45, 2.75) is 32.7 Å². The van der Waals surface area contributed by atoms with E-state index in [1.54, 1.807) is 7.11 Å². The monoisotopic (exact) mass is 232 g/mol. The van der Waals surface area contributed by atoms with Crippen LogP contribution in [0.3, 0.4) is 0 Å². The van der Waals surface area contributed by atoms with Crippen LogP contribution in [-0.4, -0.2) is 57.5 Å². The molecule has 4 nitrogen and oxygen atoms in total. The number of nitrogens with zero attached hydrogens (tertiary/aromatic N) is 1. The normalized spacial score (nSPS) is 11.6. The first kappa shape index (κ1) is 15.8. The maximum absolute atomic E-state index is 5.52. The van der Waals surface area contributed by atoms with E-state index >= 15 is 0 Å². The van der Waals surface area contributed by atoms with Crippen molar-refractivity contribution in [3.05, 3.63) is 0 Å². The van der Waals surface area contributed by atoms with Crippen LogP contribution < -0.4 is 5.73 Å². The Balaban J connectivity index is 3.44. The van der Waals surface area contributed by atoms with E-state index in [1.165, 1.54) is 0 Å². The average molecular weight is 232 g/mol. The zero-order chi connectivity index (χ0) is 12.2. The van der Waals surface area contributed by atoms with Crippen molar-refractivity contribution < 1.29 is 9.47 Å². The fraction of sp³-hybridized carbons (Fsp3) is 1.00. The van der Waals surface area contributed by atoms with Crippen molar-refractivity contribution in [3.8, 4) is 0 Å². The standard InChI is InChI=1S/C12H28N2O2/c1-12(2)14(7-4-6-13)8-5-9-16-11-10-15-3/h12H,4-11,13H2,1-3H3. The molecule has 0 fully saturated rings. The molecule has 0 aliphatic rings. The lowest BCUT2D eigenvalue weighted by atomic mass is 10.2. The smallest absolute Gasteiger partial charge is 0.0700 e. The molecule has 0 atom stereocenters. The second-order valence-electron chi connectivity index (χ2n) is 4.23. The second-order valence-corrected chi connectivity index (χ2v) is 4.23. The third-order valence-electron chi connectivity index (χ3n) is 2.55. The third kappa shape index (κ3) is 9.09. The molecule has 0 saturated carbocycles. The molecule has 0 bridgehead atoms. The molecule has 0 rings (SSSR count). The Hall–Kier alpha value is -0.160. The van der Waals surface area contributed by atoms with Crippen molar-refractivity contribution in [2.24, 2.45) is 5.73 Å². The molecule has 0 amide bonds. The molecule has 0 spiro atoms. The lowest BCUT2D eigenvalue weighted by molar-refractivity contribution is 0.0635. The largest absolute Gasteiger partial charge is 0.382 e. The van der Waals surface area contributed by atoms with Gasteiger partial charge in [-0.15, -0.1) is 0 Å². The van der Waals surface area contributed by atoms with E-state index in [1.807, 2.05) is 0 Å². The summed E-state index contributed by atoms with van der Waals surface area (Å²) in [5.41, 5.74) is 5.52. The molecule has 0 unspecified atom stereocenters. The van der Waals surface area contributed by atoms with E-state index in [4.69, 9.17) is 15.2 Å². The molecule has 0 radical (unpaired) electrons. The summed E-state index contributed by atoms with van der Waals surface area (Å²) >= 11 is 0. The van der Waals surface area contributed by atoms with Gasteiger partial charge in [-0.25, -0.2) is 0 Å². The SMILES string of the molecule is COCCOCCCN(CCCN)C(C)C. The van der Waals surface area contributed by atoms with Crippen molar-refractivity contribution >= 4 is 0 Å². The van der Waals surface area contributed by atoms with Crippen LogP contribution in [0.15, 0.2) is 0 Å². The van der Waals surface area contributed by atoms with Gasteiger partial charge >= 0.3 is 0 Å². The van der Waals surface area contributed by atoms with Gasteiger partial charge in [0.1, 0.15) is 0 Å². The van der Waals surface area contributed by atoms with Crippen LogP contribution in [0.2, 0.25) is 0 Å². The maximum atomic E-state index is 5.52. The summed E-state index contributed by atoms with van der Waals surface area (Å²) in [5.74, 6) is 0. The number of hydrogen-bond acceptors (Lipinski definition) is 4. The van der Waals surface area contributed by atoms with Gasteiger partial charge in [-0.3, -0.25) is 0 Å². The van der Waals surface area contributed by atoms with Gasteiger partial charge in [0.2, 0.25) is 0 Å². The molecule has 0 aromatic rings. The molecule has 0 heterocycles. The molecule has 2 N–H and O–H groups in total. The molecule has 0 aliphatic heterocycles. The van der Waals surface area contributed by atoms with E-state index in [0.717, 1.165) is 39.1 Å². The van der Waals surface area contributed by atoms with E-state index in [2.05, 4.69) is 18.7 Å². The van der Waals surface area contributed by atoms with Crippen LogP contribution in [0.25, 0.3) is 0 Å². The second kappa shape index (κ2) is 11.3. The fourth-order valence-corrected chi connectivity index (χ4v) is 1.54. The minimum Gasteiger partial charge on any atom is -0.382 e. The van der Waals surface area contributed by atoms with Crippen molar-refractivity contribution in [1.82, 2.24) is 4.90 Å². The van der Waals surface area contributed by atoms with Crippen LogP contribution in [-0.2, 0) is 9.47 Å². The molecule has 4 heteroatoms. The van der Waals surface area contributed by atoms with E-state index in [-0.39, 0.29) is 0 Å². The van der Waals surface area contributed by atoms with Gasteiger partial charge < -0.3 is 20.1 Å². The van der Waals surface area contributed by atoms with Gasteiger partial charge in [0.05, 0.1) is 13.2 Å². The van der Waals surface area contributed by atoms with Crippen LogP contribution in [0, 0.1) is 0 Å². The predicted molar refractivity (Wildman–Crippen MR) is 67.7 cm³/mol. The lowest BCUT2D eigenvalue weighted by Crippen LogP contribution is -2.34. The quantitative estimate of drug-likeness (QED) is 0.542.